The Balaban J connectivity index is 0.000000174. The van der Waals surface area contributed by atoms with Gasteiger partial charge in [-0.15, -0.1) is 0 Å². The molecule has 66 heavy (non-hydrogen) atoms. The van der Waals surface area contributed by atoms with E-state index in [1.807, 2.05) is 11.9 Å². The van der Waals surface area contributed by atoms with Crippen molar-refractivity contribution in [1.29, 1.82) is 0 Å². The number of hydrogen-bond acceptors (Lipinski definition) is 18. The van der Waals surface area contributed by atoms with Gasteiger partial charge in [-0.05, 0) is 42.5 Å². The molecule has 0 radical (unpaired) electrons. The predicted molar refractivity (Wildman–Crippen MR) is 250 cm³/mol. The zero-order valence-electron chi connectivity index (χ0n) is 34.8. The Kier molecular flexibility index (Phi) is 16.1. The first-order valence-electron chi connectivity index (χ1n) is 19.6. The number of anilines is 4. The second kappa shape index (κ2) is 21.5. The maximum atomic E-state index is 12.4. The van der Waals surface area contributed by atoms with Gasteiger partial charge in [0, 0.05) is 85.1 Å². The molecule has 1 amide bonds. The van der Waals surface area contributed by atoms with Gasteiger partial charge in [0.2, 0.25) is 11.9 Å². The van der Waals surface area contributed by atoms with Crippen LogP contribution in [0.25, 0.3) is 33.5 Å². The van der Waals surface area contributed by atoms with Gasteiger partial charge in [-0.1, -0.05) is 24.4 Å². The molecule has 0 spiro atoms. The van der Waals surface area contributed by atoms with Gasteiger partial charge in [0.15, 0.2) is 32.9 Å². The molecule has 3 saturated heterocycles. The van der Waals surface area contributed by atoms with Gasteiger partial charge >= 0.3 is 11.9 Å². The summed E-state index contributed by atoms with van der Waals surface area (Å²) < 4.78 is 8.55. The number of imidazole rings is 2. The number of carboxylic acid groups (broad SMARTS) is 2. The van der Waals surface area contributed by atoms with Gasteiger partial charge < -0.3 is 57.6 Å². The molecule has 9 heterocycles. The van der Waals surface area contributed by atoms with Crippen molar-refractivity contribution in [3.05, 3.63) is 70.0 Å². The van der Waals surface area contributed by atoms with E-state index in [1.165, 1.54) is 64.1 Å². The van der Waals surface area contributed by atoms with Crippen molar-refractivity contribution >= 4 is 117 Å². The average Bonchev–Trinajstić information content (AvgIpc) is 4.18. The summed E-state index contributed by atoms with van der Waals surface area (Å²) in [5, 5.41) is 20.2. The second-order valence-electron chi connectivity index (χ2n) is 14.5. The van der Waals surface area contributed by atoms with Gasteiger partial charge in [0.05, 0.1) is 37.4 Å². The van der Waals surface area contributed by atoms with E-state index in [9.17, 15) is 19.5 Å². The molecule has 0 saturated carbocycles. The molecule has 0 aliphatic carbocycles. The van der Waals surface area contributed by atoms with Crippen LogP contribution in [0, 0.1) is 9.28 Å². The van der Waals surface area contributed by atoms with Crippen LogP contribution in [0.15, 0.2) is 49.4 Å². The number of rotatable bonds is 12. The number of nitrogen functional groups attached to an aromatic ring is 3. The van der Waals surface area contributed by atoms with Crippen molar-refractivity contribution in [2.75, 3.05) is 68.4 Å². The van der Waals surface area contributed by atoms with E-state index in [2.05, 4.69) is 79.1 Å². The van der Waals surface area contributed by atoms with Crippen LogP contribution in [-0.4, -0.2) is 154 Å². The fraction of sp³-hybridized carbons (Fsp3) is 0.306. The SMILES string of the molecule is CN(Cc1cnc2nc(N)nc(N)c2n1)c1ccc(C(=O)N[C@@H](CCC(=O)O)C(=O)O)cc1.Nc1nc(=S)c2[nH]cnc2[nH]1.S=P(N1CC1)(N1CC1)N1CC1.S=c1[nH]cnc2nc[nH]c12.[Pt]. The summed E-state index contributed by atoms with van der Waals surface area (Å²) in [6.07, 6.45) is 5.61. The number of aromatic amines is 4. The van der Waals surface area contributed by atoms with E-state index in [-0.39, 0.29) is 57.2 Å². The number of fused-ring (bicyclic) bond motifs is 3. The molecule has 1 aromatic carbocycles. The normalized spacial score (nSPS) is 14.6. The van der Waals surface area contributed by atoms with Crippen molar-refractivity contribution in [3.63, 3.8) is 0 Å². The van der Waals surface area contributed by atoms with E-state index >= 15 is 0 Å². The van der Waals surface area contributed by atoms with Crippen molar-refractivity contribution < 1.29 is 45.7 Å². The van der Waals surface area contributed by atoms with Crippen molar-refractivity contribution in [2.24, 2.45) is 0 Å². The topological polar surface area (TPSA) is 360 Å². The van der Waals surface area contributed by atoms with Crippen LogP contribution < -0.4 is 27.4 Å². The first-order chi connectivity index (χ1) is 31.1. The minimum atomic E-state index is -1.30. The first-order valence-corrected chi connectivity index (χ1v) is 23.1. The number of hydrogen-bond donors (Lipinski definition) is 10. The van der Waals surface area contributed by atoms with Gasteiger partial charge in [0.25, 0.3) is 5.91 Å². The van der Waals surface area contributed by atoms with Gasteiger partial charge in [-0.3, -0.25) is 9.59 Å². The number of carbonyl (C=O) groups excluding carboxylic acids is 1. The van der Waals surface area contributed by atoms with Crippen molar-refractivity contribution in [2.45, 2.75) is 25.4 Å². The summed E-state index contributed by atoms with van der Waals surface area (Å²) in [7, 11) is 1.82. The molecule has 6 aromatic heterocycles. The Morgan fingerprint density at radius 1 is 0.833 bits per heavy atom. The Morgan fingerprint density at radius 3 is 2.03 bits per heavy atom. The smallest absolute Gasteiger partial charge is 0.326 e. The summed E-state index contributed by atoms with van der Waals surface area (Å²) >= 11 is 15.6. The fourth-order valence-electron chi connectivity index (χ4n) is 6.12. The number of aromatic nitrogens is 12. The number of aliphatic carboxylic acids is 2. The third-order valence-electron chi connectivity index (χ3n) is 9.65. The Hall–Kier alpha value is -5.99. The predicted octanol–water partition coefficient (Wildman–Crippen LogP) is 2.04. The Morgan fingerprint density at radius 2 is 1.44 bits per heavy atom. The Bertz CT molecular complexity index is 2990. The Labute approximate surface area is 403 Å². The van der Waals surface area contributed by atoms with Crippen LogP contribution in [0.3, 0.4) is 0 Å². The minimum absolute atomic E-state index is 0. The standard InChI is InChI=1S/C20H22N8O5.C6H12N3PS.C5H5N5S.C5H4N4S.Pt/c1-28(9-11-8-23-17-15(24-11)16(21)26-20(22)27-17)12-4-2-10(3-5-12)18(31)25-13(19(32)33)6-7-14(29)30;11-10(7-1-2-7,8-3-4-8)9-5-6-9;6-5-9-3-2(4(11)10-5)7-1-8-3;10-5-3-4(7-1-6-3)8-2-9-5;/h2-5,8,13H,6-7,9H2,1H3,(H,25,31)(H,29,30)(H,32,33)(H4,21,22,23,26,27);1-6H2;1H,(H4,6,7,8,9,10,11);1-2H,(H2,6,7,8,9,10);/t13-;;;;/m0..../s1. The third-order valence-corrected chi connectivity index (χ3v) is 15.8. The molecule has 3 aliphatic heterocycles. The number of benzene rings is 1. The largest absolute Gasteiger partial charge is 0.481 e. The van der Waals surface area contributed by atoms with Crippen molar-refractivity contribution in [1.82, 2.24) is 79.1 Å². The van der Waals surface area contributed by atoms with E-state index in [1.54, 1.807) is 24.7 Å². The van der Waals surface area contributed by atoms with Gasteiger partial charge in [-0.25, -0.2) is 48.7 Å². The molecule has 3 fully saturated rings. The summed E-state index contributed by atoms with van der Waals surface area (Å²) in [4.78, 5) is 79.6. The zero-order chi connectivity index (χ0) is 46.4. The molecule has 350 valence electrons. The molecule has 0 bridgehead atoms. The van der Waals surface area contributed by atoms with E-state index in [0.29, 0.717) is 49.5 Å². The quantitative estimate of drug-likeness (QED) is 0.0475. The van der Waals surface area contributed by atoms with Gasteiger partial charge in [0.1, 0.15) is 28.2 Å². The molecule has 30 heteroatoms. The maximum absolute atomic E-state index is 12.4. The summed E-state index contributed by atoms with van der Waals surface area (Å²) in [5.74, 6) is -2.62. The van der Waals surface area contributed by atoms with Crippen LogP contribution >= 0.6 is 30.9 Å². The fourth-order valence-corrected chi connectivity index (χ4v) is 11.0. The van der Waals surface area contributed by atoms with Crippen LogP contribution in [-0.2, 0) is 49.0 Å². The van der Waals surface area contributed by atoms with E-state index in [0.717, 1.165) is 11.2 Å². The molecule has 7 aromatic rings. The van der Waals surface area contributed by atoms with Gasteiger partial charge in [-0.2, -0.15) is 9.97 Å². The summed E-state index contributed by atoms with van der Waals surface area (Å²) in [6.45, 7) is 6.63. The van der Waals surface area contributed by atoms with E-state index < -0.39 is 30.4 Å². The molecular formula is C36H43N20O5PPtS3. The second-order valence-corrected chi connectivity index (χ2v) is 19.4. The number of carbonyl (C=O) groups is 3. The van der Waals surface area contributed by atoms with Crippen LogP contribution in [0.4, 0.5) is 23.4 Å². The minimum Gasteiger partial charge on any atom is -0.481 e. The molecule has 0 unspecified atom stereocenters. The van der Waals surface area contributed by atoms with E-state index in [4.69, 9.17) is 58.6 Å². The molecule has 3 aliphatic rings. The number of nitrogens with zero attached hydrogens (tertiary/aromatic N) is 12. The number of amides is 1. The molecular weight excluding hydrogens is 1110 g/mol. The van der Waals surface area contributed by atoms with Crippen LogP contribution in [0.5, 0.6) is 0 Å². The summed E-state index contributed by atoms with van der Waals surface area (Å²) in [5.41, 5.74) is 21.9. The average molecular weight is 1160 g/mol. The molecule has 1 atom stereocenters. The maximum Gasteiger partial charge on any atom is 0.326 e. The number of nitrogens with two attached hydrogens (primary N) is 3. The molecule has 10 rings (SSSR count). The van der Waals surface area contributed by atoms with Crippen LogP contribution in [0.2, 0.25) is 0 Å². The monoisotopic (exact) mass is 1160 g/mol. The number of nitrogens with one attached hydrogen (secondary N) is 5. The molecule has 13 N–H and O–H groups in total. The number of H-pyrrole nitrogens is 4. The van der Waals surface area contributed by atoms with Crippen LogP contribution in [0.1, 0.15) is 28.9 Å². The first kappa shape index (κ1) is 49.4. The third kappa shape index (κ3) is 12.5. The molecule has 25 nitrogen and oxygen atoms in total. The zero-order valence-corrected chi connectivity index (χ0v) is 40.4. The number of carboxylic acids is 2. The van der Waals surface area contributed by atoms with Crippen molar-refractivity contribution in [3.8, 4) is 0 Å². The summed E-state index contributed by atoms with van der Waals surface area (Å²) in [6, 6.07) is 5.16.